The lowest BCUT2D eigenvalue weighted by atomic mass is 9.98. The standard InChI is InChI=1S/C11H17F2N3/c1-8-6-10(11(12)13)15-16(8)7-9-2-4-14-5-3-9/h6,9,11,14H,2-5,7H2,1H3. The van der Waals surface area contributed by atoms with Gasteiger partial charge in [0.25, 0.3) is 6.43 Å². The molecule has 1 saturated heterocycles. The maximum atomic E-state index is 12.5. The lowest BCUT2D eigenvalue weighted by molar-refractivity contribution is 0.144. The number of hydrogen-bond acceptors (Lipinski definition) is 2. The van der Waals surface area contributed by atoms with Crippen molar-refractivity contribution in [1.29, 1.82) is 0 Å². The third-order valence-corrected chi connectivity index (χ3v) is 3.11. The summed E-state index contributed by atoms with van der Waals surface area (Å²) in [7, 11) is 0. The minimum Gasteiger partial charge on any atom is -0.317 e. The predicted molar refractivity (Wildman–Crippen MR) is 57.5 cm³/mol. The second kappa shape index (κ2) is 4.91. The zero-order valence-corrected chi connectivity index (χ0v) is 9.42. The lowest BCUT2D eigenvalue weighted by Crippen LogP contribution is -2.30. The molecular formula is C11H17F2N3. The van der Waals surface area contributed by atoms with E-state index in [4.69, 9.17) is 0 Å². The van der Waals surface area contributed by atoms with Crippen molar-refractivity contribution >= 4 is 0 Å². The van der Waals surface area contributed by atoms with Crippen LogP contribution in [0.15, 0.2) is 6.07 Å². The van der Waals surface area contributed by atoms with Crippen molar-refractivity contribution in [3.05, 3.63) is 17.5 Å². The van der Waals surface area contributed by atoms with Crippen molar-refractivity contribution in [2.24, 2.45) is 5.92 Å². The smallest absolute Gasteiger partial charge is 0.282 e. The number of alkyl halides is 2. The van der Waals surface area contributed by atoms with Gasteiger partial charge in [-0.25, -0.2) is 8.78 Å². The number of rotatable bonds is 3. The van der Waals surface area contributed by atoms with E-state index < -0.39 is 6.43 Å². The normalized spacial score (nSPS) is 18.2. The van der Waals surface area contributed by atoms with E-state index in [-0.39, 0.29) is 5.69 Å². The highest BCUT2D eigenvalue weighted by Crippen LogP contribution is 2.20. The molecule has 2 heterocycles. The summed E-state index contributed by atoms with van der Waals surface area (Å²) in [4.78, 5) is 0. The van der Waals surface area contributed by atoms with Crippen molar-refractivity contribution in [2.45, 2.75) is 32.7 Å². The third kappa shape index (κ3) is 2.58. The Balaban J connectivity index is 2.02. The summed E-state index contributed by atoms with van der Waals surface area (Å²) in [6, 6.07) is 1.48. The largest absolute Gasteiger partial charge is 0.317 e. The molecule has 0 bridgehead atoms. The molecule has 0 spiro atoms. The van der Waals surface area contributed by atoms with Gasteiger partial charge in [0, 0.05) is 12.2 Å². The molecule has 0 atom stereocenters. The van der Waals surface area contributed by atoms with Gasteiger partial charge in [-0.2, -0.15) is 5.10 Å². The molecule has 1 fully saturated rings. The number of nitrogens with zero attached hydrogens (tertiary/aromatic N) is 2. The van der Waals surface area contributed by atoms with Crippen LogP contribution in [0.4, 0.5) is 8.78 Å². The molecule has 16 heavy (non-hydrogen) atoms. The molecule has 1 aromatic rings. The zero-order chi connectivity index (χ0) is 11.5. The fraction of sp³-hybridized carbons (Fsp3) is 0.727. The molecule has 0 aromatic carbocycles. The van der Waals surface area contributed by atoms with Crippen LogP contribution in [0.5, 0.6) is 0 Å². The van der Waals surface area contributed by atoms with E-state index in [0.29, 0.717) is 5.92 Å². The van der Waals surface area contributed by atoms with Gasteiger partial charge in [0.2, 0.25) is 0 Å². The van der Waals surface area contributed by atoms with Crippen LogP contribution in [0.2, 0.25) is 0 Å². The van der Waals surface area contributed by atoms with Crippen LogP contribution >= 0.6 is 0 Å². The molecule has 0 saturated carbocycles. The highest BCUT2D eigenvalue weighted by atomic mass is 19.3. The quantitative estimate of drug-likeness (QED) is 0.860. The monoisotopic (exact) mass is 229 g/mol. The molecule has 1 aliphatic rings. The van der Waals surface area contributed by atoms with E-state index >= 15 is 0 Å². The van der Waals surface area contributed by atoms with Gasteiger partial charge in [-0.15, -0.1) is 0 Å². The van der Waals surface area contributed by atoms with Crippen LogP contribution in [0.3, 0.4) is 0 Å². The second-order valence-electron chi connectivity index (χ2n) is 4.39. The Morgan fingerprint density at radius 2 is 2.19 bits per heavy atom. The molecule has 5 heteroatoms. The van der Waals surface area contributed by atoms with Gasteiger partial charge in [0.1, 0.15) is 5.69 Å². The number of aromatic nitrogens is 2. The minimum absolute atomic E-state index is 0.105. The van der Waals surface area contributed by atoms with E-state index in [1.54, 1.807) is 4.68 Å². The van der Waals surface area contributed by atoms with Crippen molar-refractivity contribution in [3.63, 3.8) is 0 Å². The molecule has 0 radical (unpaired) electrons. The van der Waals surface area contributed by atoms with Crippen molar-refractivity contribution in [2.75, 3.05) is 13.1 Å². The van der Waals surface area contributed by atoms with Crippen LogP contribution in [0.1, 0.15) is 30.7 Å². The maximum absolute atomic E-state index is 12.5. The lowest BCUT2D eigenvalue weighted by Gasteiger charge is -2.22. The van der Waals surface area contributed by atoms with Gasteiger partial charge in [0.05, 0.1) is 0 Å². The number of hydrogen-bond donors (Lipinski definition) is 1. The number of piperidine rings is 1. The molecule has 0 unspecified atom stereocenters. The first-order chi connectivity index (χ1) is 7.66. The summed E-state index contributed by atoms with van der Waals surface area (Å²) >= 11 is 0. The van der Waals surface area contributed by atoms with Crippen molar-refractivity contribution < 1.29 is 8.78 Å². The van der Waals surface area contributed by atoms with E-state index in [2.05, 4.69) is 10.4 Å². The predicted octanol–water partition coefficient (Wildman–Crippen LogP) is 2.13. The van der Waals surface area contributed by atoms with E-state index in [1.165, 1.54) is 6.07 Å². The molecule has 90 valence electrons. The minimum atomic E-state index is -2.46. The molecule has 1 aromatic heterocycles. The van der Waals surface area contributed by atoms with Gasteiger partial charge in [-0.05, 0) is 44.8 Å². The van der Waals surface area contributed by atoms with Gasteiger partial charge in [-0.1, -0.05) is 0 Å². The molecule has 2 rings (SSSR count). The van der Waals surface area contributed by atoms with Crippen LogP contribution in [0, 0.1) is 12.8 Å². The maximum Gasteiger partial charge on any atom is 0.282 e. The third-order valence-electron chi connectivity index (χ3n) is 3.11. The van der Waals surface area contributed by atoms with Crippen molar-refractivity contribution in [3.8, 4) is 0 Å². The summed E-state index contributed by atoms with van der Waals surface area (Å²) in [6.07, 6.45) is -0.264. The topological polar surface area (TPSA) is 29.9 Å². The van der Waals surface area contributed by atoms with E-state index in [9.17, 15) is 8.78 Å². The van der Waals surface area contributed by atoms with Gasteiger partial charge in [-0.3, -0.25) is 4.68 Å². The summed E-state index contributed by atoms with van der Waals surface area (Å²) in [5, 5.41) is 7.24. The van der Waals surface area contributed by atoms with Crippen molar-refractivity contribution in [1.82, 2.24) is 15.1 Å². The Hall–Kier alpha value is -0.970. The highest BCUT2D eigenvalue weighted by Gasteiger charge is 2.17. The first-order valence-corrected chi connectivity index (χ1v) is 5.70. The summed E-state index contributed by atoms with van der Waals surface area (Å²) < 4.78 is 26.6. The first-order valence-electron chi connectivity index (χ1n) is 5.70. The average Bonchev–Trinajstić information content (AvgIpc) is 2.62. The van der Waals surface area contributed by atoms with E-state index in [0.717, 1.165) is 38.2 Å². The SMILES string of the molecule is Cc1cc(C(F)F)nn1CC1CCNCC1. The Bertz CT molecular complexity index is 343. The Morgan fingerprint density at radius 3 is 2.75 bits per heavy atom. The molecule has 0 amide bonds. The van der Waals surface area contributed by atoms with Crippen LogP contribution in [-0.2, 0) is 6.54 Å². The van der Waals surface area contributed by atoms with Crippen LogP contribution in [0.25, 0.3) is 0 Å². The van der Waals surface area contributed by atoms with Gasteiger partial charge in [0.15, 0.2) is 0 Å². The fourth-order valence-electron chi connectivity index (χ4n) is 2.14. The molecule has 3 nitrogen and oxygen atoms in total. The fourth-order valence-corrected chi connectivity index (χ4v) is 2.14. The summed E-state index contributed by atoms with van der Waals surface area (Å²) in [5.74, 6) is 0.561. The molecule has 0 aliphatic carbocycles. The van der Waals surface area contributed by atoms with Crippen LogP contribution < -0.4 is 5.32 Å². The molecule has 1 aliphatic heterocycles. The summed E-state index contributed by atoms with van der Waals surface area (Å²) in [6.45, 7) is 4.64. The van der Waals surface area contributed by atoms with Gasteiger partial charge < -0.3 is 5.32 Å². The Kier molecular flexibility index (Phi) is 3.53. The second-order valence-corrected chi connectivity index (χ2v) is 4.39. The Morgan fingerprint density at radius 1 is 1.50 bits per heavy atom. The highest BCUT2D eigenvalue weighted by molar-refractivity contribution is 5.09. The summed E-state index contributed by atoms with van der Waals surface area (Å²) in [5.41, 5.74) is 0.722. The number of nitrogens with one attached hydrogen (secondary N) is 1. The molecule has 1 N–H and O–H groups in total. The number of aryl methyl sites for hydroxylation is 1. The van der Waals surface area contributed by atoms with E-state index in [1.807, 2.05) is 6.92 Å². The number of halogens is 2. The zero-order valence-electron chi connectivity index (χ0n) is 9.42. The average molecular weight is 229 g/mol. The first kappa shape index (κ1) is 11.5. The Labute approximate surface area is 93.8 Å². The molecular weight excluding hydrogens is 212 g/mol. The van der Waals surface area contributed by atoms with Crippen LogP contribution in [-0.4, -0.2) is 22.9 Å². The van der Waals surface area contributed by atoms with Gasteiger partial charge >= 0.3 is 0 Å².